The zero-order valence-electron chi connectivity index (χ0n) is 9.39. The van der Waals surface area contributed by atoms with E-state index >= 15 is 0 Å². The molecule has 0 spiro atoms. The Labute approximate surface area is 83.7 Å². The zero-order valence-corrected chi connectivity index (χ0v) is 9.39. The molecule has 0 unspecified atom stereocenters. The summed E-state index contributed by atoms with van der Waals surface area (Å²) in [7, 11) is 4.00. The fourth-order valence-corrected chi connectivity index (χ4v) is 0.891. The van der Waals surface area contributed by atoms with Crippen molar-refractivity contribution in [1.29, 1.82) is 0 Å². The predicted molar refractivity (Wildman–Crippen MR) is 62.7 cm³/mol. The van der Waals surface area contributed by atoms with Gasteiger partial charge in [0.25, 0.3) is 0 Å². The maximum Gasteiger partial charge on any atom is -0.0395 e. The summed E-state index contributed by atoms with van der Waals surface area (Å²) in [4.78, 5) is 0. The Morgan fingerprint density at radius 2 is 1.38 bits per heavy atom. The fourth-order valence-electron chi connectivity index (χ4n) is 0.891. The van der Waals surface area contributed by atoms with E-state index in [0.29, 0.717) is 0 Å². The van der Waals surface area contributed by atoms with Crippen molar-refractivity contribution in [2.45, 2.75) is 34.6 Å². The normalized spacial score (nSPS) is 7.54. The molecule has 0 bridgehead atoms. The standard InChI is InChI=1S/C9H12.C2H6.CHB/c1-7-4-5-8(2)9(3)6-7;2*1-2/h4-6H,1-3H3;1-2H3;1H. The first-order valence-corrected chi connectivity index (χ1v) is 4.57. The van der Waals surface area contributed by atoms with Crippen LogP contribution in [0.5, 0.6) is 0 Å². The van der Waals surface area contributed by atoms with Crippen LogP contribution in [0.1, 0.15) is 30.5 Å². The van der Waals surface area contributed by atoms with E-state index in [1.165, 1.54) is 16.7 Å². The van der Waals surface area contributed by atoms with Gasteiger partial charge < -0.3 is 0 Å². The number of aryl methyl sites for hydroxylation is 3. The molecule has 0 aliphatic carbocycles. The van der Waals surface area contributed by atoms with Crippen LogP contribution < -0.4 is 0 Å². The fraction of sp³-hybridized carbons (Fsp3) is 0.417. The van der Waals surface area contributed by atoms with E-state index in [0.717, 1.165) is 0 Å². The van der Waals surface area contributed by atoms with Gasteiger partial charge in [0.2, 0.25) is 0 Å². The minimum absolute atomic E-state index is 1.35. The second-order valence-corrected chi connectivity index (χ2v) is 2.59. The smallest absolute Gasteiger partial charge is 0.0395 e. The molecule has 1 aromatic rings. The SMILES string of the molecule is B#C.CC.Cc1ccc(C)c(C)c1. The molecule has 0 amide bonds. The maximum absolute atomic E-state index is 4.00. The van der Waals surface area contributed by atoms with Crippen LogP contribution in [-0.2, 0) is 0 Å². The van der Waals surface area contributed by atoms with Gasteiger partial charge in [0, 0.05) is 0 Å². The number of hydrogen-bond acceptors (Lipinski definition) is 0. The molecular weight excluding hydrogens is 155 g/mol. The molecule has 0 heterocycles. The Kier molecular flexibility index (Phi) is 10.3. The van der Waals surface area contributed by atoms with Crippen LogP contribution in [0.15, 0.2) is 18.2 Å². The molecule has 0 saturated heterocycles. The van der Waals surface area contributed by atoms with Gasteiger partial charge in [0.15, 0.2) is 0 Å². The van der Waals surface area contributed by atoms with E-state index in [4.69, 9.17) is 0 Å². The Bertz CT molecular complexity index is 249. The van der Waals surface area contributed by atoms with Gasteiger partial charge in [-0.1, -0.05) is 37.6 Å². The van der Waals surface area contributed by atoms with Gasteiger partial charge in [-0.3, -0.25) is 0 Å². The molecule has 13 heavy (non-hydrogen) atoms. The molecular formula is C12H19B. The molecule has 0 aliphatic heterocycles. The molecule has 0 aliphatic rings. The van der Waals surface area contributed by atoms with Crippen molar-refractivity contribution in [3.8, 4) is 6.31 Å². The third kappa shape index (κ3) is 6.25. The summed E-state index contributed by atoms with van der Waals surface area (Å²) in [6.45, 7) is 10.4. The van der Waals surface area contributed by atoms with Crippen LogP contribution in [0.25, 0.3) is 0 Å². The van der Waals surface area contributed by atoms with Crippen molar-refractivity contribution in [3.63, 3.8) is 0 Å². The van der Waals surface area contributed by atoms with Crippen LogP contribution in [-0.4, -0.2) is 7.33 Å². The summed E-state index contributed by atoms with van der Waals surface area (Å²) < 4.78 is 0. The average molecular weight is 174 g/mol. The molecule has 0 atom stereocenters. The minimum atomic E-state index is 1.35. The molecule has 0 aromatic heterocycles. The first kappa shape index (κ1) is 14.6. The maximum atomic E-state index is 4.00. The Morgan fingerprint density at radius 1 is 0.923 bits per heavy atom. The van der Waals surface area contributed by atoms with E-state index < -0.39 is 0 Å². The Balaban J connectivity index is 0. The second kappa shape index (κ2) is 9.16. The van der Waals surface area contributed by atoms with E-state index in [9.17, 15) is 0 Å². The predicted octanol–water partition coefficient (Wildman–Crippen LogP) is 3.38. The van der Waals surface area contributed by atoms with Crippen LogP contribution in [0.2, 0.25) is 0 Å². The van der Waals surface area contributed by atoms with Gasteiger partial charge in [-0.15, -0.1) is 0 Å². The van der Waals surface area contributed by atoms with Crippen LogP contribution >= 0.6 is 0 Å². The van der Waals surface area contributed by atoms with Crippen molar-refractivity contribution in [3.05, 3.63) is 34.9 Å². The summed E-state index contributed by atoms with van der Waals surface area (Å²) in [6, 6.07) is 6.50. The van der Waals surface area contributed by atoms with Crippen LogP contribution in [0, 0.1) is 27.1 Å². The first-order valence-electron chi connectivity index (χ1n) is 4.57. The number of hydrogen-bond donors (Lipinski definition) is 0. The minimum Gasteiger partial charge on any atom is -0.0683 e. The monoisotopic (exact) mass is 174 g/mol. The first-order chi connectivity index (χ1) is 6.20. The summed E-state index contributed by atoms with van der Waals surface area (Å²) in [6.07, 6.45) is 4.00. The van der Waals surface area contributed by atoms with Crippen LogP contribution in [0.3, 0.4) is 0 Å². The number of rotatable bonds is 0. The Hall–Kier alpha value is -0.935. The van der Waals surface area contributed by atoms with Crippen molar-refractivity contribution in [2.75, 3.05) is 0 Å². The Morgan fingerprint density at radius 3 is 1.69 bits per heavy atom. The molecule has 0 saturated carbocycles. The molecule has 70 valence electrons. The topological polar surface area (TPSA) is 0 Å². The van der Waals surface area contributed by atoms with E-state index in [1.807, 2.05) is 13.8 Å². The van der Waals surface area contributed by atoms with Crippen LogP contribution in [0.4, 0.5) is 0 Å². The van der Waals surface area contributed by atoms with Crippen molar-refractivity contribution >= 4 is 7.33 Å². The quantitative estimate of drug-likeness (QED) is 0.529. The summed E-state index contributed by atoms with van der Waals surface area (Å²) in [5, 5.41) is 0. The van der Waals surface area contributed by atoms with E-state index in [-0.39, 0.29) is 0 Å². The molecule has 0 nitrogen and oxygen atoms in total. The summed E-state index contributed by atoms with van der Waals surface area (Å²) in [5.41, 5.74) is 4.11. The molecule has 1 aromatic carbocycles. The molecule has 0 N–H and O–H groups in total. The van der Waals surface area contributed by atoms with Gasteiger partial charge in [-0.25, -0.2) is 0 Å². The molecule has 1 heteroatoms. The second-order valence-electron chi connectivity index (χ2n) is 2.59. The number of benzene rings is 1. The average Bonchev–Trinajstić information content (AvgIpc) is 2.18. The third-order valence-electron chi connectivity index (χ3n) is 1.66. The van der Waals surface area contributed by atoms with Crippen molar-refractivity contribution in [2.24, 2.45) is 0 Å². The molecule has 0 fully saturated rings. The molecule has 1 rings (SSSR count). The van der Waals surface area contributed by atoms with E-state index in [1.54, 1.807) is 0 Å². The summed E-state index contributed by atoms with van der Waals surface area (Å²) in [5.74, 6) is 0. The third-order valence-corrected chi connectivity index (χ3v) is 1.66. The van der Waals surface area contributed by atoms with Crippen molar-refractivity contribution < 1.29 is 0 Å². The van der Waals surface area contributed by atoms with Gasteiger partial charge >= 0.3 is 13.6 Å². The summed E-state index contributed by atoms with van der Waals surface area (Å²) >= 11 is 0. The van der Waals surface area contributed by atoms with Crippen molar-refractivity contribution in [1.82, 2.24) is 0 Å². The van der Waals surface area contributed by atoms with Gasteiger partial charge in [0.1, 0.15) is 0 Å². The van der Waals surface area contributed by atoms with Gasteiger partial charge in [0.05, 0.1) is 0 Å². The molecule has 0 radical (unpaired) electrons. The van der Waals surface area contributed by atoms with E-state index in [2.05, 4.69) is 52.6 Å². The van der Waals surface area contributed by atoms with Gasteiger partial charge in [-0.2, -0.15) is 0 Å². The zero-order chi connectivity index (χ0) is 10.9. The largest absolute Gasteiger partial charge is 0.0683 e. The van der Waals surface area contributed by atoms with Gasteiger partial charge in [-0.05, 0) is 31.9 Å².